The Kier molecular flexibility index (Phi) is 2.28. The van der Waals surface area contributed by atoms with Gasteiger partial charge >= 0.3 is 0 Å². The van der Waals surface area contributed by atoms with Crippen LogP contribution in [0, 0.1) is 0 Å². The smallest absolute Gasteiger partial charge is 0.160 e. The number of thiophene rings is 1. The van der Waals surface area contributed by atoms with E-state index in [9.17, 15) is 9.90 Å². The van der Waals surface area contributed by atoms with Crippen molar-refractivity contribution in [2.75, 3.05) is 0 Å². The van der Waals surface area contributed by atoms with Crippen molar-refractivity contribution in [2.24, 2.45) is 0 Å². The summed E-state index contributed by atoms with van der Waals surface area (Å²) in [5, 5.41) is 11.3. The van der Waals surface area contributed by atoms with Crippen molar-refractivity contribution in [3.63, 3.8) is 0 Å². The molecule has 2 rings (SSSR count). The summed E-state index contributed by atoms with van der Waals surface area (Å²) in [5.74, 6) is 0.128. The van der Waals surface area contributed by atoms with Gasteiger partial charge in [-0.2, -0.15) is 0 Å². The van der Waals surface area contributed by atoms with E-state index < -0.39 is 0 Å². The van der Waals surface area contributed by atoms with Crippen LogP contribution in [0.1, 0.15) is 9.67 Å². The Labute approximate surface area is 84.7 Å². The molecule has 2 aromatic heterocycles. The molecule has 4 heteroatoms. The Morgan fingerprint density at radius 3 is 3.00 bits per heavy atom. The first-order valence-corrected chi connectivity index (χ1v) is 4.87. The van der Waals surface area contributed by atoms with Crippen LogP contribution in [0.2, 0.25) is 0 Å². The monoisotopic (exact) mass is 205 g/mol. The highest BCUT2D eigenvalue weighted by atomic mass is 32.1. The zero-order chi connectivity index (χ0) is 9.97. The molecule has 0 aliphatic heterocycles. The van der Waals surface area contributed by atoms with Gasteiger partial charge in [0, 0.05) is 17.1 Å². The van der Waals surface area contributed by atoms with Crippen LogP contribution in [0.15, 0.2) is 29.8 Å². The summed E-state index contributed by atoms with van der Waals surface area (Å²) in [7, 11) is 0. The third-order valence-electron chi connectivity index (χ3n) is 1.80. The van der Waals surface area contributed by atoms with Gasteiger partial charge in [0.25, 0.3) is 0 Å². The molecule has 0 unspecified atom stereocenters. The fourth-order valence-electron chi connectivity index (χ4n) is 1.16. The molecule has 0 aliphatic carbocycles. The average Bonchev–Trinajstić information content (AvgIpc) is 2.67. The van der Waals surface area contributed by atoms with E-state index in [4.69, 9.17) is 0 Å². The molecule has 3 nitrogen and oxygen atoms in total. The average molecular weight is 205 g/mol. The molecule has 0 saturated carbocycles. The van der Waals surface area contributed by atoms with Crippen molar-refractivity contribution in [1.82, 2.24) is 4.98 Å². The summed E-state index contributed by atoms with van der Waals surface area (Å²) in [4.78, 5) is 15.1. The van der Waals surface area contributed by atoms with Crippen molar-refractivity contribution in [3.8, 4) is 17.0 Å². The summed E-state index contributed by atoms with van der Waals surface area (Å²) in [5.41, 5.74) is 1.28. The topological polar surface area (TPSA) is 50.2 Å². The van der Waals surface area contributed by atoms with Crippen LogP contribution in [-0.2, 0) is 0 Å². The van der Waals surface area contributed by atoms with E-state index in [2.05, 4.69) is 4.98 Å². The first-order valence-electron chi connectivity index (χ1n) is 3.99. The third kappa shape index (κ3) is 1.52. The summed E-state index contributed by atoms with van der Waals surface area (Å²) in [6.45, 7) is 0. The van der Waals surface area contributed by atoms with Crippen LogP contribution in [0.4, 0.5) is 0 Å². The first kappa shape index (κ1) is 8.90. The minimum Gasteiger partial charge on any atom is -0.506 e. The van der Waals surface area contributed by atoms with Gasteiger partial charge in [-0.05, 0) is 18.2 Å². The SMILES string of the molecule is O=Cc1cc(-c2ncccc2O)cs1. The first-order chi connectivity index (χ1) is 6.81. The number of aromatic nitrogens is 1. The Hall–Kier alpha value is -1.68. The Morgan fingerprint density at radius 1 is 1.50 bits per heavy atom. The van der Waals surface area contributed by atoms with Gasteiger partial charge in [-0.15, -0.1) is 11.3 Å². The van der Waals surface area contributed by atoms with Gasteiger partial charge in [0.15, 0.2) is 6.29 Å². The van der Waals surface area contributed by atoms with Crippen LogP contribution in [0.3, 0.4) is 0 Å². The van der Waals surface area contributed by atoms with E-state index in [1.165, 1.54) is 11.3 Å². The number of hydrogen-bond acceptors (Lipinski definition) is 4. The number of nitrogens with zero attached hydrogens (tertiary/aromatic N) is 1. The summed E-state index contributed by atoms with van der Waals surface area (Å²) < 4.78 is 0. The Morgan fingerprint density at radius 2 is 2.36 bits per heavy atom. The maximum Gasteiger partial charge on any atom is 0.160 e. The minimum atomic E-state index is 0.128. The lowest BCUT2D eigenvalue weighted by Gasteiger charge is -1.98. The van der Waals surface area contributed by atoms with Crippen molar-refractivity contribution in [2.45, 2.75) is 0 Å². The van der Waals surface area contributed by atoms with Crippen LogP contribution in [0.25, 0.3) is 11.3 Å². The zero-order valence-electron chi connectivity index (χ0n) is 7.18. The van der Waals surface area contributed by atoms with E-state index in [0.29, 0.717) is 10.6 Å². The second kappa shape index (κ2) is 3.59. The van der Waals surface area contributed by atoms with Crippen LogP contribution >= 0.6 is 11.3 Å². The normalized spacial score (nSPS) is 10.0. The predicted octanol–water partition coefficient (Wildman–Crippen LogP) is 2.33. The van der Waals surface area contributed by atoms with Gasteiger partial charge in [0.1, 0.15) is 11.4 Å². The molecule has 0 aromatic carbocycles. The number of aldehydes is 1. The molecule has 0 atom stereocenters. The number of hydrogen-bond donors (Lipinski definition) is 1. The third-order valence-corrected chi connectivity index (χ3v) is 2.65. The van der Waals surface area contributed by atoms with Crippen molar-refractivity contribution in [1.29, 1.82) is 0 Å². The van der Waals surface area contributed by atoms with Gasteiger partial charge in [-0.1, -0.05) is 0 Å². The molecule has 0 fully saturated rings. The largest absolute Gasteiger partial charge is 0.506 e. The van der Waals surface area contributed by atoms with Crippen molar-refractivity contribution in [3.05, 3.63) is 34.7 Å². The van der Waals surface area contributed by atoms with Gasteiger partial charge in [0.05, 0.1) is 4.88 Å². The molecule has 0 bridgehead atoms. The van der Waals surface area contributed by atoms with Crippen LogP contribution in [-0.4, -0.2) is 16.4 Å². The zero-order valence-corrected chi connectivity index (χ0v) is 7.99. The number of carbonyl (C=O) groups excluding carboxylic acids is 1. The molecule has 70 valence electrons. The van der Waals surface area contributed by atoms with Gasteiger partial charge in [0.2, 0.25) is 0 Å². The fraction of sp³-hybridized carbons (Fsp3) is 0. The lowest BCUT2D eigenvalue weighted by molar-refractivity contribution is 0.112. The van der Waals surface area contributed by atoms with Crippen molar-refractivity contribution >= 4 is 17.6 Å². The maximum absolute atomic E-state index is 10.5. The predicted molar refractivity (Wildman–Crippen MR) is 54.6 cm³/mol. The highest BCUT2D eigenvalue weighted by molar-refractivity contribution is 7.12. The summed E-state index contributed by atoms with van der Waals surface area (Å²) in [6, 6.07) is 4.94. The summed E-state index contributed by atoms with van der Waals surface area (Å²) in [6.07, 6.45) is 2.39. The molecule has 0 amide bonds. The highest BCUT2D eigenvalue weighted by Crippen LogP contribution is 2.29. The van der Waals surface area contributed by atoms with Crippen molar-refractivity contribution < 1.29 is 9.90 Å². The van der Waals surface area contributed by atoms with Crippen LogP contribution in [0.5, 0.6) is 5.75 Å². The molecular formula is C10H7NO2S. The second-order valence-corrected chi connectivity index (χ2v) is 3.67. The molecule has 1 N–H and O–H groups in total. The lowest BCUT2D eigenvalue weighted by atomic mass is 10.2. The van der Waals surface area contributed by atoms with Gasteiger partial charge in [-0.3, -0.25) is 9.78 Å². The standard InChI is InChI=1S/C10H7NO2S/c12-5-8-4-7(6-14-8)10-9(13)2-1-3-11-10/h1-6,13H. The van der Waals surface area contributed by atoms with E-state index in [-0.39, 0.29) is 5.75 Å². The number of rotatable bonds is 2. The Balaban J connectivity index is 2.49. The molecule has 0 saturated heterocycles. The quantitative estimate of drug-likeness (QED) is 0.765. The minimum absolute atomic E-state index is 0.128. The molecule has 0 spiro atoms. The van der Waals surface area contributed by atoms with Gasteiger partial charge < -0.3 is 5.11 Å². The highest BCUT2D eigenvalue weighted by Gasteiger charge is 2.06. The van der Waals surface area contributed by atoms with E-state index in [1.807, 2.05) is 0 Å². The molecular weight excluding hydrogens is 198 g/mol. The Bertz CT molecular complexity index is 465. The lowest BCUT2D eigenvalue weighted by Crippen LogP contribution is -1.80. The molecule has 14 heavy (non-hydrogen) atoms. The number of carbonyl (C=O) groups is 1. The van der Waals surface area contributed by atoms with E-state index in [0.717, 1.165) is 11.8 Å². The van der Waals surface area contributed by atoms with E-state index >= 15 is 0 Å². The second-order valence-electron chi connectivity index (χ2n) is 2.73. The van der Waals surface area contributed by atoms with Crippen LogP contribution < -0.4 is 0 Å². The number of pyridine rings is 1. The fourth-order valence-corrected chi connectivity index (χ4v) is 1.85. The molecule has 0 radical (unpaired) electrons. The molecule has 2 heterocycles. The molecule has 0 aliphatic rings. The van der Waals surface area contributed by atoms with Gasteiger partial charge in [-0.25, -0.2) is 0 Å². The van der Waals surface area contributed by atoms with E-state index in [1.54, 1.807) is 29.8 Å². The number of aromatic hydroxyl groups is 1. The summed E-state index contributed by atoms with van der Waals surface area (Å²) >= 11 is 1.33. The molecule has 2 aromatic rings. The maximum atomic E-state index is 10.5.